The maximum absolute atomic E-state index is 12.0. The monoisotopic (exact) mass is 337 g/mol. The lowest BCUT2D eigenvalue weighted by Crippen LogP contribution is -2.43. The highest BCUT2D eigenvalue weighted by atomic mass is 79.9. The van der Waals surface area contributed by atoms with Crippen LogP contribution in [-0.4, -0.2) is 17.8 Å². The molecule has 1 unspecified atom stereocenters. The molecule has 0 fully saturated rings. The second kappa shape index (κ2) is 6.21. The molecule has 0 aliphatic rings. The first kappa shape index (κ1) is 15.0. The molecule has 0 saturated carbocycles. The van der Waals surface area contributed by atoms with Crippen LogP contribution < -0.4 is 5.32 Å². The fraction of sp³-hybridized carbons (Fsp3) is 0.583. The van der Waals surface area contributed by atoms with Gasteiger partial charge in [-0.25, -0.2) is 0 Å². The Balaban J connectivity index is 2.71. The van der Waals surface area contributed by atoms with E-state index in [1.165, 1.54) is 11.3 Å². The molecule has 1 aromatic rings. The van der Waals surface area contributed by atoms with Crippen LogP contribution in [-0.2, 0) is 0 Å². The number of thiophene rings is 1. The highest BCUT2D eigenvalue weighted by Crippen LogP contribution is 2.24. The number of hydrogen-bond acceptors (Lipinski definition) is 2. The van der Waals surface area contributed by atoms with Gasteiger partial charge < -0.3 is 5.32 Å². The number of carbonyl (C=O) groups is 1. The second-order valence-electron chi connectivity index (χ2n) is 5.01. The molecule has 0 radical (unpaired) electrons. The standard InChI is InChI=1S/C12H17BrClNOS/c1-12(2,3)9(4-5-14)15-11(16)8-6-10(13)17-7-8/h6-7,9H,4-5H2,1-3H3,(H,15,16). The molecule has 0 aromatic carbocycles. The Bertz CT molecular complexity index is 386. The molecule has 96 valence electrons. The Hall–Kier alpha value is -0.0600. The van der Waals surface area contributed by atoms with E-state index in [0.29, 0.717) is 11.4 Å². The van der Waals surface area contributed by atoms with Gasteiger partial charge in [0.1, 0.15) is 0 Å². The zero-order chi connectivity index (χ0) is 13.1. The molecule has 1 N–H and O–H groups in total. The van der Waals surface area contributed by atoms with Gasteiger partial charge in [0.2, 0.25) is 0 Å². The lowest BCUT2D eigenvalue weighted by atomic mass is 9.85. The summed E-state index contributed by atoms with van der Waals surface area (Å²) in [5, 5.41) is 4.90. The molecule has 0 bridgehead atoms. The Morgan fingerprint density at radius 2 is 2.24 bits per heavy atom. The van der Waals surface area contributed by atoms with Crippen molar-refractivity contribution < 1.29 is 4.79 Å². The summed E-state index contributed by atoms with van der Waals surface area (Å²) in [5.41, 5.74) is 0.711. The molecule has 0 aliphatic carbocycles. The van der Waals surface area contributed by atoms with Crippen molar-refractivity contribution in [1.82, 2.24) is 5.32 Å². The van der Waals surface area contributed by atoms with Crippen LogP contribution in [0.15, 0.2) is 15.2 Å². The minimum absolute atomic E-state index is 0.0117. The fourth-order valence-electron chi connectivity index (χ4n) is 1.50. The molecule has 1 atom stereocenters. The minimum atomic E-state index is -0.0306. The van der Waals surface area contributed by atoms with Crippen LogP contribution in [0.1, 0.15) is 37.6 Å². The summed E-state index contributed by atoms with van der Waals surface area (Å²) in [7, 11) is 0. The van der Waals surface area contributed by atoms with Crippen LogP contribution in [0.4, 0.5) is 0 Å². The van der Waals surface area contributed by atoms with Crippen LogP contribution in [0.25, 0.3) is 0 Å². The summed E-state index contributed by atoms with van der Waals surface area (Å²) in [6.07, 6.45) is 0.780. The van der Waals surface area contributed by atoms with Crippen LogP contribution >= 0.6 is 38.9 Å². The van der Waals surface area contributed by atoms with E-state index < -0.39 is 0 Å². The van der Waals surface area contributed by atoms with Gasteiger partial charge in [0.25, 0.3) is 5.91 Å². The van der Waals surface area contributed by atoms with Crippen molar-refractivity contribution in [1.29, 1.82) is 0 Å². The van der Waals surface area contributed by atoms with Crippen LogP contribution in [0, 0.1) is 5.41 Å². The summed E-state index contributed by atoms with van der Waals surface area (Å²) in [5.74, 6) is 0.521. The number of amides is 1. The number of alkyl halides is 1. The van der Waals surface area contributed by atoms with Gasteiger partial charge in [-0.15, -0.1) is 22.9 Å². The first-order valence-electron chi connectivity index (χ1n) is 5.45. The number of nitrogens with one attached hydrogen (secondary N) is 1. The third kappa shape index (κ3) is 4.60. The molecule has 1 aromatic heterocycles. The van der Waals surface area contributed by atoms with Crippen molar-refractivity contribution in [3.63, 3.8) is 0 Å². The van der Waals surface area contributed by atoms with Crippen LogP contribution in [0.2, 0.25) is 0 Å². The summed E-state index contributed by atoms with van der Waals surface area (Å²) >= 11 is 10.6. The van der Waals surface area contributed by atoms with Crippen molar-refractivity contribution in [2.24, 2.45) is 5.41 Å². The maximum Gasteiger partial charge on any atom is 0.252 e. The van der Waals surface area contributed by atoms with Gasteiger partial charge in [-0.05, 0) is 33.8 Å². The van der Waals surface area contributed by atoms with E-state index in [2.05, 4.69) is 42.0 Å². The highest BCUT2D eigenvalue weighted by molar-refractivity contribution is 9.11. The molecular weight excluding hydrogens is 322 g/mol. The van der Waals surface area contributed by atoms with Crippen molar-refractivity contribution in [2.75, 3.05) is 5.88 Å². The van der Waals surface area contributed by atoms with E-state index in [1.807, 2.05) is 11.4 Å². The van der Waals surface area contributed by atoms with E-state index in [9.17, 15) is 4.79 Å². The average molecular weight is 339 g/mol. The first-order valence-corrected chi connectivity index (χ1v) is 7.66. The molecular formula is C12H17BrClNOS. The predicted octanol–water partition coefficient (Wildman–Crippen LogP) is 4.28. The van der Waals surface area contributed by atoms with Crippen molar-refractivity contribution in [3.8, 4) is 0 Å². The lowest BCUT2D eigenvalue weighted by molar-refractivity contribution is 0.0901. The zero-order valence-corrected chi connectivity index (χ0v) is 13.4. The Morgan fingerprint density at radius 3 is 2.65 bits per heavy atom. The molecule has 1 amide bonds. The second-order valence-corrected chi connectivity index (χ2v) is 7.68. The number of rotatable bonds is 4. The van der Waals surface area contributed by atoms with E-state index in [4.69, 9.17) is 11.6 Å². The number of hydrogen-bond donors (Lipinski definition) is 1. The van der Waals surface area contributed by atoms with E-state index in [1.54, 1.807) is 0 Å². The van der Waals surface area contributed by atoms with Gasteiger partial charge in [0.05, 0.1) is 9.35 Å². The van der Waals surface area contributed by atoms with Crippen molar-refractivity contribution in [3.05, 3.63) is 20.8 Å². The fourth-order valence-corrected chi connectivity index (χ4v) is 2.86. The minimum Gasteiger partial charge on any atom is -0.349 e. The predicted molar refractivity (Wildman–Crippen MR) is 78.1 cm³/mol. The molecule has 1 rings (SSSR count). The van der Waals surface area contributed by atoms with Gasteiger partial charge in [-0.3, -0.25) is 4.79 Å². The number of halogens is 2. The first-order chi connectivity index (χ1) is 7.84. The Kier molecular flexibility index (Phi) is 5.48. The van der Waals surface area contributed by atoms with E-state index in [0.717, 1.165) is 10.2 Å². The van der Waals surface area contributed by atoms with Gasteiger partial charge in [0.15, 0.2) is 0 Å². The van der Waals surface area contributed by atoms with Crippen LogP contribution in [0.3, 0.4) is 0 Å². The third-order valence-corrected chi connectivity index (χ3v) is 4.30. The SMILES string of the molecule is CC(C)(C)C(CCCl)NC(=O)c1csc(Br)c1. The third-order valence-electron chi connectivity index (χ3n) is 2.58. The molecule has 0 aliphatic heterocycles. The zero-order valence-electron chi connectivity index (χ0n) is 10.2. The molecule has 17 heavy (non-hydrogen) atoms. The molecule has 5 heteroatoms. The largest absolute Gasteiger partial charge is 0.349 e. The molecule has 0 spiro atoms. The quantitative estimate of drug-likeness (QED) is 0.816. The Labute approximate surface area is 120 Å². The molecule has 0 saturated heterocycles. The smallest absolute Gasteiger partial charge is 0.252 e. The van der Waals surface area contributed by atoms with Gasteiger partial charge in [-0.1, -0.05) is 20.8 Å². The van der Waals surface area contributed by atoms with Crippen LogP contribution in [0.5, 0.6) is 0 Å². The Morgan fingerprint density at radius 1 is 1.59 bits per heavy atom. The normalized spacial score (nSPS) is 13.5. The van der Waals surface area contributed by atoms with E-state index in [-0.39, 0.29) is 17.4 Å². The number of carbonyl (C=O) groups excluding carboxylic acids is 1. The van der Waals surface area contributed by atoms with Gasteiger partial charge in [0, 0.05) is 17.3 Å². The molecule has 2 nitrogen and oxygen atoms in total. The summed E-state index contributed by atoms with van der Waals surface area (Å²) in [4.78, 5) is 12.0. The van der Waals surface area contributed by atoms with Gasteiger partial charge in [-0.2, -0.15) is 0 Å². The van der Waals surface area contributed by atoms with E-state index >= 15 is 0 Å². The average Bonchev–Trinajstić information content (AvgIpc) is 2.62. The summed E-state index contributed by atoms with van der Waals surface area (Å²) < 4.78 is 0.965. The maximum atomic E-state index is 12.0. The summed E-state index contributed by atoms with van der Waals surface area (Å²) in [6.45, 7) is 6.32. The van der Waals surface area contributed by atoms with Gasteiger partial charge >= 0.3 is 0 Å². The molecule has 1 heterocycles. The highest BCUT2D eigenvalue weighted by Gasteiger charge is 2.26. The topological polar surface area (TPSA) is 29.1 Å². The van der Waals surface area contributed by atoms with Crippen molar-refractivity contribution in [2.45, 2.75) is 33.2 Å². The summed E-state index contributed by atoms with van der Waals surface area (Å²) in [6, 6.07) is 1.92. The van der Waals surface area contributed by atoms with Crippen molar-refractivity contribution >= 4 is 44.8 Å². The lowest BCUT2D eigenvalue weighted by Gasteiger charge is -2.31.